The minimum absolute atomic E-state index is 0.858. The fourth-order valence-electron chi connectivity index (χ4n) is 2.53. The first kappa shape index (κ1) is 12.6. The van der Waals surface area contributed by atoms with Gasteiger partial charge < -0.3 is 9.64 Å². The van der Waals surface area contributed by atoms with Crippen LogP contribution in [0.4, 0.5) is 0 Å². The van der Waals surface area contributed by atoms with Gasteiger partial charge in [0.15, 0.2) is 0 Å². The number of hydrogen-bond donors (Lipinski definition) is 0. The Morgan fingerprint density at radius 2 is 2.00 bits per heavy atom. The van der Waals surface area contributed by atoms with Crippen molar-refractivity contribution < 1.29 is 4.74 Å². The second-order valence-electron chi connectivity index (χ2n) is 4.89. The summed E-state index contributed by atoms with van der Waals surface area (Å²) in [7, 11) is 1.78. The summed E-state index contributed by atoms with van der Waals surface area (Å²) in [6.45, 7) is 4.41. The van der Waals surface area contributed by atoms with Crippen LogP contribution in [-0.2, 0) is 11.2 Å². The summed E-state index contributed by atoms with van der Waals surface area (Å²) in [5.41, 5.74) is 1.46. The zero-order valence-electron chi connectivity index (χ0n) is 10.7. The molecular weight excluding hydrogens is 210 g/mol. The summed E-state index contributed by atoms with van der Waals surface area (Å²) in [4.78, 5) is 2.51. The third-order valence-electron chi connectivity index (χ3n) is 3.63. The topological polar surface area (TPSA) is 12.5 Å². The standard InChI is InChI=1S/C15H22NO/c1-17-12-11-16-9-7-15(8-10-16)13-14-5-3-2-4-6-14/h3-6,15H,7-13H2,1H3. The van der Waals surface area contributed by atoms with E-state index in [1.807, 2.05) is 12.1 Å². The van der Waals surface area contributed by atoms with E-state index in [0.717, 1.165) is 19.1 Å². The van der Waals surface area contributed by atoms with Crippen molar-refractivity contribution in [1.82, 2.24) is 4.90 Å². The van der Waals surface area contributed by atoms with Gasteiger partial charge in [0.05, 0.1) is 6.61 Å². The molecule has 2 rings (SSSR count). The highest BCUT2D eigenvalue weighted by atomic mass is 16.5. The van der Waals surface area contributed by atoms with Gasteiger partial charge in [0, 0.05) is 13.7 Å². The molecule has 2 nitrogen and oxygen atoms in total. The molecule has 0 spiro atoms. The summed E-state index contributed by atoms with van der Waals surface area (Å²) in [5, 5.41) is 0. The van der Waals surface area contributed by atoms with Gasteiger partial charge in [-0.2, -0.15) is 0 Å². The molecule has 1 aliphatic rings. The van der Waals surface area contributed by atoms with E-state index in [9.17, 15) is 0 Å². The van der Waals surface area contributed by atoms with Gasteiger partial charge in [-0.3, -0.25) is 0 Å². The molecule has 0 N–H and O–H groups in total. The second kappa shape index (κ2) is 6.77. The van der Waals surface area contributed by atoms with Crippen LogP contribution < -0.4 is 0 Å². The first-order valence-electron chi connectivity index (χ1n) is 6.55. The van der Waals surface area contributed by atoms with Crippen LogP contribution in [0.1, 0.15) is 18.4 Å². The molecule has 1 heterocycles. The molecule has 0 atom stereocenters. The molecule has 0 unspecified atom stereocenters. The third-order valence-corrected chi connectivity index (χ3v) is 3.63. The first-order valence-corrected chi connectivity index (χ1v) is 6.55. The summed E-state index contributed by atoms with van der Waals surface area (Å²) in [5.74, 6) is 0.858. The molecule has 1 aromatic carbocycles. The van der Waals surface area contributed by atoms with Gasteiger partial charge in [0.1, 0.15) is 0 Å². The predicted molar refractivity (Wildman–Crippen MR) is 70.0 cm³/mol. The van der Waals surface area contributed by atoms with Crippen LogP contribution in [0, 0.1) is 12.0 Å². The quantitative estimate of drug-likeness (QED) is 0.773. The van der Waals surface area contributed by atoms with E-state index in [4.69, 9.17) is 4.74 Å². The molecule has 2 heteroatoms. The number of piperidine rings is 1. The number of nitrogens with zero attached hydrogens (tertiary/aromatic N) is 1. The van der Waals surface area contributed by atoms with E-state index >= 15 is 0 Å². The summed E-state index contributed by atoms with van der Waals surface area (Å²) >= 11 is 0. The van der Waals surface area contributed by atoms with Crippen molar-refractivity contribution in [3.63, 3.8) is 0 Å². The van der Waals surface area contributed by atoms with Crippen molar-refractivity contribution in [1.29, 1.82) is 0 Å². The lowest BCUT2D eigenvalue weighted by Crippen LogP contribution is -2.36. The molecule has 0 aromatic heterocycles. The molecule has 0 saturated carbocycles. The van der Waals surface area contributed by atoms with Gasteiger partial charge in [-0.05, 0) is 49.9 Å². The van der Waals surface area contributed by atoms with Gasteiger partial charge in [-0.25, -0.2) is 0 Å². The minimum Gasteiger partial charge on any atom is -0.383 e. The molecule has 1 aliphatic heterocycles. The Morgan fingerprint density at radius 1 is 1.29 bits per heavy atom. The highest BCUT2D eigenvalue weighted by Crippen LogP contribution is 2.21. The minimum atomic E-state index is 0.858. The van der Waals surface area contributed by atoms with E-state index in [0.29, 0.717) is 0 Å². The van der Waals surface area contributed by atoms with Gasteiger partial charge >= 0.3 is 0 Å². The predicted octanol–water partition coefficient (Wildman–Crippen LogP) is 2.39. The van der Waals surface area contributed by atoms with Crippen molar-refractivity contribution in [3.05, 3.63) is 35.9 Å². The van der Waals surface area contributed by atoms with Crippen LogP contribution in [0.2, 0.25) is 0 Å². The Kier molecular flexibility index (Phi) is 5.02. The maximum atomic E-state index is 5.12. The van der Waals surface area contributed by atoms with E-state index in [-0.39, 0.29) is 0 Å². The van der Waals surface area contributed by atoms with Gasteiger partial charge in [0.25, 0.3) is 0 Å². The Bertz CT molecular complexity index is 304. The smallest absolute Gasteiger partial charge is 0.0589 e. The molecule has 0 aliphatic carbocycles. The monoisotopic (exact) mass is 232 g/mol. The first-order chi connectivity index (χ1) is 8.38. The fraction of sp³-hybridized carbons (Fsp3) is 0.600. The number of ether oxygens (including phenoxy) is 1. The highest BCUT2D eigenvalue weighted by molar-refractivity contribution is 5.14. The molecule has 1 fully saturated rings. The lowest BCUT2D eigenvalue weighted by molar-refractivity contribution is 0.120. The number of methoxy groups -OCH3 is 1. The summed E-state index contributed by atoms with van der Waals surface area (Å²) in [6.07, 6.45) is 3.87. The number of likely N-dealkylation sites (tertiary alicyclic amines) is 1. The van der Waals surface area contributed by atoms with Gasteiger partial charge in [-0.1, -0.05) is 24.3 Å². The average Bonchev–Trinajstić information content (AvgIpc) is 2.39. The Hall–Kier alpha value is -0.860. The average molecular weight is 232 g/mol. The van der Waals surface area contributed by atoms with Crippen LogP contribution in [0.25, 0.3) is 0 Å². The maximum Gasteiger partial charge on any atom is 0.0589 e. The van der Waals surface area contributed by atoms with Crippen molar-refractivity contribution in [2.45, 2.75) is 19.3 Å². The maximum absolute atomic E-state index is 5.12. The van der Waals surface area contributed by atoms with E-state index in [2.05, 4.69) is 23.1 Å². The third kappa shape index (κ3) is 4.14. The lowest BCUT2D eigenvalue weighted by Gasteiger charge is -2.31. The summed E-state index contributed by atoms with van der Waals surface area (Å²) < 4.78 is 5.12. The normalized spacial score (nSPS) is 18.4. The van der Waals surface area contributed by atoms with E-state index in [1.54, 1.807) is 7.11 Å². The van der Waals surface area contributed by atoms with Crippen LogP contribution in [-0.4, -0.2) is 38.3 Å². The Labute approximate surface area is 105 Å². The molecular formula is C15H22NO. The number of hydrogen-bond acceptors (Lipinski definition) is 2. The van der Waals surface area contributed by atoms with E-state index in [1.165, 1.54) is 37.9 Å². The molecule has 93 valence electrons. The summed E-state index contributed by atoms with van der Waals surface area (Å²) in [6, 6.07) is 11.5. The van der Waals surface area contributed by atoms with Crippen molar-refractivity contribution >= 4 is 0 Å². The van der Waals surface area contributed by atoms with Crippen molar-refractivity contribution in [3.8, 4) is 0 Å². The van der Waals surface area contributed by atoms with Crippen LogP contribution in [0.5, 0.6) is 0 Å². The SMILES string of the molecule is COCCN1CCC(Cc2cc[c]cc2)CC1. The van der Waals surface area contributed by atoms with Crippen LogP contribution in [0.15, 0.2) is 24.3 Å². The molecule has 17 heavy (non-hydrogen) atoms. The zero-order valence-corrected chi connectivity index (χ0v) is 10.7. The van der Waals surface area contributed by atoms with Gasteiger partial charge in [-0.15, -0.1) is 0 Å². The molecule has 0 amide bonds. The number of benzene rings is 1. The lowest BCUT2D eigenvalue weighted by atomic mass is 9.90. The van der Waals surface area contributed by atoms with Crippen molar-refractivity contribution in [2.75, 3.05) is 33.4 Å². The molecule has 0 bridgehead atoms. The van der Waals surface area contributed by atoms with Gasteiger partial charge in [0.2, 0.25) is 0 Å². The molecule has 1 saturated heterocycles. The Morgan fingerprint density at radius 3 is 2.65 bits per heavy atom. The second-order valence-corrected chi connectivity index (χ2v) is 4.89. The molecule has 1 aromatic rings. The fourth-order valence-corrected chi connectivity index (χ4v) is 2.53. The number of rotatable bonds is 5. The Balaban J connectivity index is 1.72. The van der Waals surface area contributed by atoms with E-state index < -0.39 is 0 Å². The molecule has 1 radical (unpaired) electrons. The van der Waals surface area contributed by atoms with Crippen LogP contribution >= 0.6 is 0 Å². The van der Waals surface area contributed by atoms with Crippen LogP contribution in [0.3, 0.4) is 0 Å². The largest absolute Gasteiger partial charge is 0.383 e. The highest BCUT2D eigenvalue weighted by Gasteiger charge is 2.18. The zero-order chi connectivity index (χ0) is 11.9. The van der Waals surface area contributed by atoms with Crippen molar-refractivity contribution in [2.24, 2.45) is 5.92 Å².